The first-order valence-corrected chi connectivity index (χ1v) is 11.2. The van der Waals surface area contributed by atoms with Gasteiger partial charge in [0, 0.05) is 6.20 Å². The number of aryl methyl sites for hydroxylation is 1. The zero-order chi connectivity index (χ0) is 21.5. The highest BCUT2D eigenvalue weighted by atomic mass is 32.1. The van der Waals surface area contributed by atoms with Crippen LogP contribution in [0.1, 0.15) is 47.4 Å². The molecule has 1 aliphatic rings. The van der Waals surface area contributed by atoms with Crippen LogP contribution in [0, 0.1) is 6.92 Å². The van der Waals surface area contributed by atoms with Crippen LogP contribution in [0.15, 0.2) is 30.5 Å². The van der Waals surface area contributed by atoms with Gasteiger partial charge in [0.05, 0.1) is 34.5 Å². The Kier molecular flexibility index (Phi) is 5.07. The van der Waals surface area contributed by atoms with Crippen LogP contribution in [0.2, 0.25) is 0 Å². The molecule has 3 aromatic heterocycles. The second-order valence-corrected chi connectivity index (χ2v) is 9.07. The summed E-state index contributed by atoms with van der Waals surface area (Å²) in [5.41, 5.74) is 3.39. The smallest absolute Gasteiger partial charge is 0.337 e. The van der Waals surface area contributed by atoms with E-state index in [1.165, 1.54) is 6.20 Å². The normalized spacial score (nSPS) is 19.2. The summed E-state index contributed by atoms with van der Waals surface area (Å²) in [6.45, 7) is 2.48. The van der Waals surface area contributed by atoms with Crippen LogP contribution >= 0.6 is 11.3 Å². The number of thiazole rings is 1. The molecule has 0 spiro atoms. The number of nitrogens with zero attached hydrogens (tertiary/aromatic N) is 4. The van der Waals surface area contributed by atoms with Gasteiger partial charge in [-0.25, -0.2) is 19.7 Å². The third-order valence-electron chi connectivity index (χ3n) is 5.85. The third-order valence-corrected chi connectivity index (χ3v) is 6.80. The lowest BCUT2D eigenvalue weighted by molar-refractivity contribution is 0.0696. The maximum atomic E-state index is 11.2. The predicted octanol–water partition coefficient (Wildman–Crippen LogP) is 3.81. The number of anilines is 1. The number of hydrogen-bond donors (Lipinski definition) is 3. The molecule has 3 N–H and O–H groups in total. The minimum atomic E-state index is -1.01. The van der Waals surface area contributed by atoms with Crippen molar-refractivity contribution in [3.05, 3.63) is 47.4 Å². The number of aliphatic hydroxyl groups excluding tert-OH is 1. The molecule has 1 fully saturated rings. The van der Waals surface area contributed by atoms with Crippen molar-refractivity contribution in [2.75, 3.05) is 5.32 Å². The molecule has 4 aromatic rings. The summed E-state index contributed by atoms with van der Waals surface area (Å²) < 4.78 is 3.06. The van der Waals surface area contributed by atoms with Gasteiger partial charge in [-0.2, -0.15) is 0 Å². The number of nitrogens with one attached hydrogen (secondary N) is 1. The van der Waals surface area contributed by atoms with Crippen LogP contribution in [0.4, 0.5) is 5.13 Å². The molecule has 0 radical (unpaired) electrons. The molecule has 1 aromatic carbocycles. The van der Waals surface area contributed by atoms with Crippen molar-refractivity contribution in [3.8, 4) is 0 Å². The van der Waals surface area contributed by atoms with Crippen LogP contribution in [-0.4, -0.2) is 47.8 Å². The number of pyridine rings is 1. The van der Waals surface area contributed by atoms with E-state index in [0.29, 0.717) is 17.7 Å². The van der Waals surface area contributed by atoms with E-state index in [0.717, 1.165) is 52.4 Å². The topological polar surface area (TPSA) is 113 Å². The first-order chi connectivity index (χ1) is 15.0. The fourth-order valence-corrected chi connectivity index (χ4v) is 5.17. The standard InChI is InChI=1S/C22H23N5O3S/c1-12-24-17-9-14(21(29)30)10-23-20(17)27(12)11-13-6-7-16-19(8-13)31-22(26-16)25-15-4-2-3-5-18(15)28/h6-10,15,18,28H,2-5,11H2,1H3,(H,25,26)(H,29,30). The fourth-order valence-electron chi connectivity index (χ4n) is 4.18. The van der Waals surface area contributed by atoms with Crippen molar-refractivity contribution >= 4 is 43.8 Å². The second kappa shape index (κ2) is 7.90. The molecule has 3 heterocycles. The summed E-state index contributed by atoms with van der Waals surface area (Å²) in [4.78, 5) is 24.7. The van der Waals surface area contributed by atoms with Crippen molar-refractivity contribution in [2.45, 2.75) is 51.3 Å². The Morgan fingerprint density at radius 1 is 1.23 bits per heavy atom. The number of imidazole rings is 1. The highest BCUT2D eigenvalue weighted by molar-refractivity contribution is 7.22. The molecule has 5 rings (SSSR count). The van der Waals surface area contributed by atoms with Crippen molar-refractivity contribution in [3.63, 3.8) is 0 Å². The van der Waals surface area contributed by atoms with Gasteiger partial charge in [-0.3, -0.25) is 0 Å². The van der Waals surface area contributed by atoms with Crippen LogP contribution in [0.5, 0.6) is 0 Å². The van der Waals surface area contributed by atoms with E-state index in [1.54, 1.807) is 17.4 Å². The summed E-state index contributed by atoms with van der Waals surface area (Å²) >= 11 is 1.59. The number of fused-ring (bicyclic) bond motifs is 2. The van der Waals surface area contributed by atoms with Crippen molar-refractivity contribution in [1.29, 1.82) is 0 Å². The quantitative estimate of drug-likeness (QED) is 0.435. The molecule has 9 heteroatoms. The number of rotatable bonds is 5. The molecule has 0 bridgehead atoms. The van der Waals surface area contributed by atoms with E-state index in [2.05, 4.69) is 26.3 Å². The number of benzene rings is 1. The third kappa shape index (κ3) is 3.86. The zero-order valence-corrected chi connectivity index (χ0v) is 17.9. The Morgan fingerprint density at radius 2 is 2.06 bits per heavy atom. The average molecular weight is 438 g/mol. The summed E-state index contributed by atoms with van der Waals surface area (Å²) in [7, 11) is 0. The van der Waals surface area contributed by atoms with Crippen LogP contribution in [-0.2, 0) is 6.54 Å². The predicted molar refractivity (Wildman–Crippen MR) is 120 cm³/mol. The van der Waals surface area contributed by atoms with Gasteiger partial charge >= 0.3 is 5.97 Å². The van der Waals surface area contributed by atoms with Gasteiger partial charge in [0.2, 0.25) is 0 Å². The van der Waals surface area contributed by atoms with Gasteiger partial charge in [-0.1, -0.05) is 30.2 Å². The van der Waals surface area contributed by atoms with E-state index in [1.807, 2.05) is 23.6 Å². The first-order valence-electron chi connectivity index (χ1n) is 10.4. The molecule has 0 amide bonds. The maximum absolute atomic E-state index is 11.2. The number of aromatic nitrogens is 4. The minimum absolute atomic E-state index is 0.0653. The Balaban J connectivity index is 1.41. The Hall–Kier alpha value is -3.04. The molecular formula is C22H23N5O3S. The summed E-state index contributed by atoms with van der Waals surface area (Å²) in [5.74, 6) is -0.231. The summed E-state index contributed by atoms with van der Waals surface area (Å²) in [5, 5.41) is 23.7. The first kappa shape index (κ1) is 19.9. The van der Waals surface area contributed by atoms with Crippen molar-refractivity contribution in [1.82, 2.24) is 19.5 Å². The number of carbonyl (C=O) groups is 1. The number of aromatic carboxylic acids is 1. The molecule has 2 atom stereocenters. The van der Waals surface area contributed by atoms with Crippen LogP contribution in [0.3, 0.4) is 0 Å². The lowest BCUT2D eigenvalue weighted by Gasteiger charge is -2.27. The van der Waals surface area contributed by atoms with E-state index >= 15 is 0 Å². The Labute approximate surface area is 182 Å². The number of aliphatic hydroxyl groups is 1. The highest BCUT2D eigenvalue weighted by Gasteiger charge is 2.23. The molecule has 31 heavy (non-hydrogen) atoms. The van der Waals surface area contributed by atoms with Crippen molar-refractivity contribution < 1.29 is 15.0 Å². The Morgan fingerprint density at radius 3 is 2.87 bits per heavy atom. The van der Waals surface area contributed by atoms with E-state index < -0.39 is 5.97 Å². The summed E-state index contributed by atoms with van der Waals surface area (Å²) in [6, 6.07) is 7.78. The molecule has 1 saturated carbocycles. The lowest BCUT2D eigenvalue weighted by Crippen LogP contribution is -2.36. The maximum Gasteiger partial charge on any atom is 0.337 e. The molecular weight excluding hydrogens is 414 g/mol. The lowest BCUT2D eigenvalue weighted by atomic mass is 9.93. The SMILES string of the molecule is Cc1nc2cc(C(=O)O)cnc2n1Cc1ccc2nc(NC3CCCCC3O)sc2c1. The van der Waals surface area contributed by atoms with E-state index in [4.69, 9.17) is 0 Å². The zero-order valence-electron chi connectivity index (χ0n) is 17.1. The number of hydrogen-bond acceptors (Lipinski definition) is 7. The molecule has 160 valence electrons. The highest BCUT2D eigenvalue weighted by Crippen LogP contribution is 2.30. The van der Waals surface area contributed by atoms with Gasteiger partial charge in [0.1, 0.15) is 11.3 Å². The monoisotopic (exact) mass is 437 g/mol. The van der Waals surface area contributed by atoms with Crippen molar-refractivity contribution in [2.24, 2.45) is 0 Å². The second-order valence-electron chi connectivity index (χ2n) is 8.04. The molecule has 1 aliphatic carbocycles. The molecule has 0 aliphatic heterocycles. The van der Waals surface area contributed by atoms with E-state index in [-0.39, 0.29) is 17.7 Å². The van der Waals surface area contributed by atoms with Crippen LogP contribution in [0.25, 0.3) is 21.4 Å². The molecule has 8 nitrogen and oxygen atoms in total. The fraction of sp³-hybridized carbons (Fsp3) is 0.364. The van der Waals surface area contributed by atoms with Crippen LogP contribution < -0.4 is 5.32 Å². The summed E-state index contributed by atoms with van der Waals surface area (Å²) in [6.07, 6.45) is 5.06. The van der Waals surface area contributed by atoms with Gasteiger partial charge in [-0.05, 0) is 43.5 Å². The Bertz CT molecular complexity index is 1280. The van der Waals surface area contributed by atoms with Gasteiger partial charge in [0.25, 0.3) is 0 Å². The van der Waals surface area contributed by atoms with E-state index in [9.17, 15) is 15.0 Å². The minimum Gasteiger partial charge on any atom is -0.478 e. The molecule has 2 unspecified atom stereocenters. The molecule has 0 saturated heterocycles. The largest absolute Gasteiger partial charge is 0.478 e. The average Bonchev–Trinajstić information content (AvgIpc) is 3.29. The van der Waals surface area contributed by atoms with Gasteiger partial charge < -0.3 is 20.1 Å². The number of carboxylic acids is 1. The van der Waals surface area contributed by atoms with Gasteiger partial charge in [-0.15, -0.1) is 0 Å². The van der Waals surface area contributed by atoms with Gasteiger partial charge in [0.15, 0.2) is 10.8 Å². The number of carboxylic acid groups (broad SMARTS) is 1.